The predicted octanol–water partition coefficient (Wildman–Crippen LogP) is 2.02. The maximum Gasteiger partial charge on any atom is 0.254 e. The molecule has 2 amide bonds. The number of aromatic nitrogens is 1. The van der Waals surface area contributed by atoms with Crippen molar-refractivity contribution in [3.63, 3.8) is 0 Å². The number of rotatable bonds is 4. The Morgan fingerprint density at radius 3 is 2.57 bits per heavy atom. The van der Waals surface area contributed by atoms with Gasteiger partial charge in [0.05, 0.1) is 11.0 Å². The van der Waals surface area contributed by atoms with Crippen molar-refractivity contribution in [2.24, 2.45) is 5.41 Å². The van der Waals surface area contributed by atoms with Gasteiger partial charge < -0.3 is 15.0 Å². The van der Waals surface area contributed by atoms with E-state index in [1.54, 1.807) is 4.90 Å². The molecule has 1 aromatic carbocycles. The molecule has 0 aliphatic carbocycles. The van der Waals surface area contributed by atoms with E-state index in [-0.39, 0.29) is 11.8 Å². The van der Waals surface area contributed by atoms with Crippen LogP contribution in [0.15, 0.2) is 54.9 Å². The van der Waals surface area contributed by atoms with Crippen molar-refractivity contribution in [1.29, 1.82) is 0 Å². The quantitative estimate of drug-likeness (QED) is 0.603. The molecule has 3 heterocycles. The van der Waals surface area contributed by atoms with Gasteiger partial charge in [-0.25, -0.2) is 0 Å². The Balaban J connectivity index is 1.42. The molecule has 0 N–H and O–H groups in total. The summed E-state index contributed by atoms with van der Waals surface area (Å²) in [6, 6.07) is 13.3. The summed E-state index contributed by atoms with van der Waals surface area (Å²) in [6.45, 7) is 2.58. The molecule has 2 aromatic rings. The van der Waals surface area contributed by atoms with Gasteiger partial charge in [0.1, 0.15) is 0 Å². The molecule has 6 nitrogen and oxygen atoms in total. The lowest BCUT2D eigenvalue weighted by Gasteiger charge is -2.39. The molecule has 1 aromatic heterocycles. The third kappa shape index (κ3) is 3.59. The molecule has 0 unspecified atom stereocenters. The Morgan fingerprint density at radius 1 is 1.07 bits per heavy atom. The SMILES string of the molecule is O=C(c1cc[n+]([O-])cc1)N1CC[C@]2(CCCN(CCc3ccccc3)C2=O)C1. The molecule has 146 valence electrons. The van der Waals surface area contributed by atoms with Gasteiger partial charge in [-0.2, -0.15) is 4.73 Å². The third-order valence-corrected chi connectivity index (χ3v) is 6.03. The molecule has 1 spiro atoms. The van der Waals surface area contributed by atoms with Gasteiger partial charge in [-0.15, -0.1) is 0 Å². The lowest BCUT2D eigenvalue weighted by atomic mass is 9.78. The van der Waals surface area contributed by atoms with Crippen LogP contribution in [-0.4, -0.2) is 47.8 Å². The zero-order valence-corrected chi connectivity index (χ0v) is 15.9. The first-order valence-electron chi connectivity index (χ1n) is 9.89. The summed E-state index contributed by atoms with van der Waals surface area (Å²) in [4.78, 5) is 29.8. The number of carbonyl (C=O) groups is 2. The predicted molar refractivity (Wildman–Crippen MR) is 104 cm³/mol. The van der Waals surface area contributed by atoms with Gasteiger partial charge in [-0.05, 0) is 31.2 Å². The average Bonchev–Trinajstić information content (AvgIpc) is 3.15. The van der Waals surface area contributed by atoms with Crippen molar-refractivity contribution in [1.82, 2.24) is 9.80 Å². The van der Waals surface area contributed by atoms with E-state index in [0.717, 1.165) is 32.4 Å². The highest BCUT2D eigenvalue weighted by atomic mass is 16.5. The van der Waals surface area contributed by atoms with Gasteiger partial charge in [0.2, 0.25) is 5.91 Å². The summed E-state index contributed by atoms with van der Waals surface area (Å²) in [5.41, 5.74) is 1.28. The molecule has 1 atom stereocenters. The maximum absolute atomic E-state index is 13.3. The standard InChI is InChI=1S/C22H25N3O3/c26-20(19-8-14-25(28)15-9-19)24-16-11-22(17-24)10-4-12-23(21(22)27)13-7-18-5-2-1-3-6-18/h1-3,5-6,8-9,14-15H,4,7,10-13,16-17H2/t22-/m1/s1. The molecular formula is C22H25N3O3. The highest BCUT2D eigenvalue weighted by Gasteiger charge is 2.49. The Bertz CT molecular complexity index is 853. The Morgan fingerprint density at radius 2 is 1.82 bits per heavy atom. The lowest BCUT2D eigenvalue weighted by Crippen LogP contribution is -2.50. The Labute approximate surface area is 165 Å². The smallest absolute Gasteiger partial charge is 0.254 e. The summed E-state index contributed by atoms with van der Waals surface area (Å²) >= 11 is 0. The van der Waals surface area contributed by atoms with Gasteiger partial charge in [0, 0.05) is 38.3 Å². The summed E-state index contributed by atoms with van der Waals surface area (Å²) in [6.07, 6.45) is 6.04. The molecule has 0 radical (unpaired) electrons. The minimum Gasteiger partial charge on any atom is -0.619 e. The van der Waals surface area contributed by atoms with Crippen LogP contribution in [0.25, 0.3) is 0 Å². The number of hydrogen-bond acceptors (Lipinski definition) is 3. The van der Waals surface area contributed by atoms with Gasteiger partial charge in [-0.3, -0.25) is 9.59 Å². The van der Waals surface area contributed by atoms with Crippen molar-refractivity contribution in [2.75, 3.05) is 26.2 Å². The van der Waals surface area contributed by atoms with Gasteiger partial charge in [0.25, 0.3) is 5.91 Å². The van der Waals surface area contributed by atoms with Crippen LogP contribution < -0.4 is 4.73 Å². The molecule has 0 bridgehead atoms. The highest BCUT2D eigenvalue weighted by Crippen LogP contribution is 2.40. The van der Waals surface area contributed by atoms with Gasteiger partial charge >= 0.3 is 0 Å². The molecule has 28 heavy (non-hydrogen) atoms. The van der Waals surface area contributed by atoms with E-state index in [2.05, 4.69) is 12.1 Å². The molecule has 2 saturated heterocycles. The fraction of sp³-hybridized carbons (Fsp3) is 0.409. The fourth-order valence-electron chi connectivity index (χ4n) is 4.44. The monoisotopic (exact) mass is 379 g/mol. The molecular weight excluding hydrogens is 354 g/mol. The van der Waals surface area contributed by atoms with Crippen LogP contribution in [0.5, 0.6) is 0 Å². The van der Waals surface area contributed by atoms with Crippen molar-refractivity contribution in [3.8, 4) is 0 Å². The molecule has 2 fully saturated rings. The van der Waals surface area contributed by atoms with Crippen molar-refractivity contribution >= 4 is 11.8 Å². The van der Waals surface area contributed by atoms with Crippen LogP contribution in [0.4, 0.5) is 0 Å². The summed E-state index contributed by atoms with van der Waals surface area (Å²) in [7, 11) is 0. The summed E-state index contributed by atoms with van der Waals surface area (Å²) < 4.78 is 0.664. The normalized spacial score (nSPS) is 22.1. The first-order chi connectivity index (χ1) is 13.6. The molecule has 4 rings (SSSR count). The molecule has 6 heteroatoms. The van der Waals surface area contributed by atoms with Gasteiger partial charge in [-0.1, -0.05) is 30.3 Å². The number of benzene rings is 1. The van der Waals surface area contributed by atoms with E-state index in [0.29, 0.717) is 29.8 Å². The number of amides is 2. The first kappa shape index (κ1) is 18.5. The topological polar surface area (TPSA) is 67.6 Å². The molecule has 0 saturated carbocycles. The van der Waals surface area contributed by atoms with E-state index >= 15 is 0 Å². The van der Waals surface area contributed by atoms with Crippen LogP contribution in [-0.2, 0) is 11.2 Å². The third-order valence-electron chi connectivity index (χ3n) is 6.03. The second-order valence-corrected chi connectivity index (χ2v) is 7.84. The second kappa shape index (κ2) is 7.62. The van der Waals surface area contributed by atoms with E-state index in [4.69, 9.17) is 0 Å². The van der Waals surface area contributed by atoms with E-state index in [1.165, 1.54) is 30.1 Å². The zero-order chi connectivity index (χ0) is 19.6. The minimum atomic E-state index is -0.447. The number of likely N-dealkylation sites (tertiary alicyclic amines) is 2. The zero-order valence-electron chi connectivity index (χ0n) is 15.9. The van der Waals surface area contributed by atoms with Crippen LogP contribution in [0.2, 0.25) is 0 Å². The number of nitrogens with zero attached hydrogens (tertiary/aromatic N) is 3. The maximum atomic E-state index is 13.3. The van der Waals surface area contributed by atoms with Crippen molar-refractivity contribution in [2.45, 2.75) is 25.7 Å². The Kier molecular flexibility index (Phi) is 5.03. The fourth-order valence-corrected chi connectivity index (χ4v) is 4.44. The number of piperidine rings is 1. The van der Waals surface area contributed by atoms with Crippen molar-refractivity contribution in [3.05, 3.63) is 71.2 Å². The lowest BCUT2D eigenvalue weighted by molar-refractivity contribution is -0.605. The van der Waals surface area contributed by atoms with Crippen LogP contribution >= 0.6 is 0 Å². The average molecular weight is 379 g/mol. The first-order valence-corrected chi connectivity index (χ1v) is 9.89. The molecule has 2 aliphatic heterocycles. The van der Waals surface area contributed by atoms with Crippen LogP contribution in [0.1, 0.15) is 35.2 Å². The van der Waals surface area contributed by atoms with Gasteiger partial charge in [0.15, 0.2) is 12.4 Å². The van der Waals surface area contributed by atoms with E-state index < -0.39 is 5.41 Å². The number of pyridine rings is 1. The summed E-state index contributed by atoms with van der Waals surface area (Å²) in [5, 5.41) is 11.2. The summed E-state index contributed by atoms with van der Waals surface area (Å²) in [5.74, 6) is 0.0853. The number of hydrogen-bond donors (Lipinski definition) is 0. The van der Waals surface area contributed by atoms with E-state index in [9.17, 15) is 14.8 Å². The molecule has 2 aliphatic rings. The van der Waals surface area contributed by atoms with E-state index in [1.807, 2.05) is 23.1 Å². The van der Waals surface area contributed by atoms with Crippen molar-refractivity contribution < 1.29 is 14.3 Å². The minimum absolute atomic E-state index is 0.105. The second-order valence-electron chi connectivity index (χ2n) is 7.84. The Hall–Kier alpha value is -2.89. The largest absolute Gasteiger partial charge is 0.619 e. The highest BCUT2D eigenvalue weighted by molar-refractivity contribution is 5.95. The van der Waals surface area contributed by atoms with Crippen LogP contribution in [0, 0.1) is 10.6 Å². The van der Waals surface area contributed by atoms with Crippen LogP contribution in [0.3, 0.4) is 0 Å². The number of carbonyl (C=O) groups excluding carboxylic acids is 2.